The summed E-state index contributed by atoms with van der Waals surface area (Å²) in [5, 5.41) is 5.55. The Hall–Kier alpha value is -0.500. The van der Waals surface area contributed by atoms with Crippen molar-refractivity contribution in [2.75, 3.05) is 0 Å². The van der Waals surface area contributed by atoms with Crippen LogP contribution in [0.5, 0.6) is 0 Å². The normalized spacial score (nSPS) is 22.4. The maximum atomic E-state index is 6.34. The van der Waals surface area contributed by atoms with Crippen LogP contribution in [0.25, 0.3) is 0 Å². The van der Waals surface area contributed by atoms with Crippen LogP contribution in [0.1, 0.15) is 43.5 Å². The first-order valence-corrected chi connectivity index (χ1v) is 5.91. The second kappa shape index (κ2) is 2.99. The van der Waals surface area contributed by atoms with Crippen LogP contribution >= 0.6 is 11.6 Å². The molecule has 2 nitrogen and oxygen atoms in total. The number of rotatable bonds is 2. The summed E-state index contributed by atoms with van der Waals surface area (Å²) in [5.74, 6) is 0.826. The van der Waals surface area contributed by atoms with E-state index in [1.165, 1.54) is 30.5 Å². The van der Waals surface area contributed by atoms with E-state index in [1.54, 1.807) is 0 Å². The largest absolute Gasteiger partial charge is 0.250 e. The highest BCUT2D eigenvalue weighted by molar-refractivity contribution is 6.30. The Morgan fingerprint density at radius 1 is 1.43 bits per heavy atom. The Morgan fingerprint density at radius 2 is 2.21 bits per heavy atom. The van der Waals surface area contributed by atoms with Gasteiger partial charge in [0.15, 0.2) is 0 Å². The molecule has 3 rings (SSSR count). The molecule has 0 saturated heterocycles. The summed E-state index contributed by atoms with van der Waals surface area (Å²) >= 11 is 6.34. The molecule has 1 saturated carbocycles. The predicted molar refractivity (Wildman–Crippen MR) is 56.7 cm³/mol. The van der Waals surface area contributed by atoms with Crippen LogP contribution in [0.3, 0.4) is 0 Å². The molecule has 0 bridgehead atoms. The zero-order chi connectivity index (χ0) is 9.71. The van der Waals surface area contributed by atoms with Gasteiger partial charge in [-0.2, -0.15) is 5.10 Å². The standard InChI is InChI=1S/C11H15ClN2/c1-7(8-5-6-8)14-11(12)9-3-2-4-10(9)13-14/h7-8H,2-6H2,1H3. The van der Waals surface area contributed by atoms with Gasteiger partial charge in [0.2, 0.25) is 0 Å². The van der Waals surface area contributed by atoms with Crippen LogP contribution in [0.4, 0.5) is 0 Å². The van der Waals surface area contributed by atoms with E-state index >= 15 is 0 Å². The van der Waals surface area contributed by atoms with E-state index in [2.05, 4.69) is 16.7 Å². The smallest absolute Gasteiger partial charge is 0.130 e. The van der Waals surface area contributed by atoms with Crippen molar-refractivity contribution < 1.29 is 0 Å². The first-order chi connectivity index (χ1) is 6.77. The molecule has 2 aliphatic rings. The topological polar surface area (TPSA) is 17.8 Å². The van der Waals surface area contributed by atoms with Crippen molar-refractivity contribution in [2.45, 2.75) is 45.1 Å². The number of hydrogen-bond donors (Lipinski definition) is 0. The van der Waals surface area contributed by atoms with Gasteiger partial charge in [-0.3, -0.25) is 4.68 Å². The van der Waals surface area contributed by atoms with Crippen molar-refractivity contribution in [3.8, 4) is 0 Å². The molecule has 3 heteroatoms. The van der Waals surface area contributed by atoms with Gasteiger partial charge in [0.25, 0.3) is 0 Å². The number of aryl methyl sites for hydroxylation is 1. The molecule has 0 amide bonds. The monoisotopic (exact) mass is 210 g/mol. The predicted octanol–water partition coefficient (Wildman–Crippen LogP) is 3.00. The average Bonchev–Trinajstić information content (AvgIpc) is 2.84. The first-order valence-electron chi connectivity index (χ1n) is 5.53. The Morgan fingerprint density at radius 3 is 2.86 bits per heavy atom. The summed E-state index contributed by atoms with van der Waals surface area (Å²) in [7, 11) is 0. The quantitative estimate of drug-likeness (QED) is 0.734. The minimum absolute atomic E-state index is 0.507. The Balaban J connectivity index is 1.97. The van der Waals surface area contributed by atoms with Gasteiger partial charge >= 0.3 is 0 Å². The van der Waals surface area contributed by atoms with Crippen LogP contribution in [0.2, 0.25) is 5.15 Å². The lowest BCUT2D eigenvalue weighted by atomic mass is 10.2. The molecule has 1 heterocycles. The van der Waals surface area contributed by atoms with Crippen molar-refractivity contribution in [2.24, 2.45) is 5.92 Å². The Bertz CT molecular complexity index is 366. The third-order valence-electron chi connectivity index (χ3n) is 3.56. The van der Waals surface area contributed by atoms with Crippen molar-refractivity contribution in [1.82, 2.24) is 9.78 Å². The molecule has 0 aliphatic heterocycles. The zero-order valence-electron chi connectivity index (χ0n) is 8.46. The summed E-state index contributed by atoms with van der Waals surface area (Å²) < 4.78 is 2.06. The fourth-order valence-corrected chi connectivity index (χ4v) is 2.82. The Labute approximate surface area is 89.2 Å². The van der Waals surface area contributed by atoms with Crippen molar-refractivity contribution >= 4 is 11.6 Å². The minimum atomic E-state index is 0.507. The van der Waals surface area contributed by atoms with Gasteiger partial charge in [-0.1, -0.05) is 11.6 Å². The van der Waals surface area contributed by atoms with Crippen LogP contribution in [-0.4, -0.2) is 9.78 Å². The van der Waals surface area contributed by atoms with Gasteiger partial charge in [-0.25, -0.2) is 0 Å². The highest BCUT2D eigenvalue weighted by Crippen LogP contribution is 2.41. The first kappa shape index (κ1) is 8.78. The molecule has 14 heavy (non-hydrogen) atoms. The molecule has 1 atom stereocenters. The molecule has 1 fully saturated rings. The van der Waals surface area contributed by atoms with E-state index in [0.29, 0.717) is 6.04 Å². The second-order valence-electron chi connectivity index (χ2n) is 4.59. The van der Waals surface area contributed by atoms with E-state index in [1.807, 2.05) is 0 Å². The molecule has 1 unspecified atom stereocenters. The summed E-state index contributed by atoms with van der Waals surface area (Å²) in [5.41, 5.74) is 2.57. The second-order valence-corrected chi connectivity index (χ2v) is 4.95. The van der Waals surface area contributed by atoms with Crippen molar-refractivity contribution in [1.29, 1.82) is 0 Å². The molecule has 2 aliphatic carbocycles. The molecule has 0 spiro atoms. The molecule has 0 N–H and O–H groups in total. The molecule has 1 aromatic rings. The molecular formula is C11H15ClN2. The van der Waals surface area contributed by atoms with Gasteiger partial charge in [-0.05, 0) is 44.9 Å². The lowest BCUT2D eigenvalue weighted by Crippen LogP contribution is -2.09. The fourth-order valence-electron chi connectivity index (χ4n) is 2.42. The Kier molecular flexibility index (Phi) is 1.88. The summed E-state index contributed by atoms with van der Waals surface area (Å²) in [4.78, 5) is 0. The van der Waals surface area contributed by atoms with E-state index in [4.69, 9.17) is 11.6 Å². The number of hydrogen-bond acceptors (Lipinski definition) is 1. The zero-order valence-corrected chi connectivity index (χ0v) is 9.22. The van der Waals surface area contributed by atoms with E-state index in [9.17, 15) is 0 Å². The van der Waals surface area contributed by atoms with Gasteiger partial charge in [0.05, 0.1) is 11.7 Å². The molecule has 0 aromatic carbocycles. The highest BCUT2D eigenvalue weighted by Gasteiger charge is 2.32. The van der Waals surface area contributed by atoms with E-state index in [-0.39, 0.29) is 0 Å². The molecule has 1 aromatic heterocycles. The van der Waals surface area contributed by atoms with Gasteiger partial charge in [-0.15, -0.1) is 0 Å². The SMILES string of the molecule is CC(C1CC1)n1nc2c(c1Cl)CCC2. The van der Waals surface area contributed by atoms with Crippen LogP contribution in [-0.2, 0) is 12.8 Å². The summed E-state index contributed by atoms with van der Waals surface area (Å²) in [6.45, 7) is 2.24. The lowest BCUT2D eigenvalue weighted by Gasteiger charge is -2.12. The molecule has 0 radical (unpaired) electrons. The van der Waals surface area contributed by atoms with Crippen molar-refractivity contribution in [3.05, 3.63) is 16.4 Å². The number of nitrogens with zero attached hydrogens (tertiary/aromatic N) is 2. The maximum Gasteiger partial charge on any atom is 0.130 e. The average molecular weight is 211 g/mol. The van der Waals surface area contributed by atoms with Crippen LogP contribution in [0, 0.1) is 5.92 Å². The van der Waals surface area contributed by atoms with Gasteiger partial charge in [0.1, 0.15) is 5.15 Å². The molecule has 76 valence electrons. The lowest BCUT2D eigenvalue weighted by molar-refractivity contribution is 0.436. The van der Waals surface area contributed by atoms with E-state index in [0.717, 1.165) is 23.9 Å². The summed E-state index contributed by atoms with van der Waals surface area (Å²) in [6.07, 6.45) is 6.19. The van der Waals surface area contributed by atoms with Gasteiger partial charge in [0, 0.05) is 5.56 Å². The summed E-state index contributed by atoms with van der Waals surface area (Å²) in [6, 6.07) is 0.507. The van der Waals surface area contributed by atoms with Crippen LogP contribution < -0.4 is 0 Å². The minimum Gasteiger partial charge on any atom is -0.250 e. The number of halogens is 1. The van der Waals surface area contributed by atoms with Gasteiger partial charge < -0.3 is 0 Å². The van der Waals surface area contributed by atoms with E-state index < -0.39 is 0 Å². The molecular weight excluding hydrogens is 196 g/mol. The maximum absolute atomic E-state index is 6.34. The van der Waals surface area contributed by atoms with Crippen molar-refractivity contribution in [3.63, 3.8) is 0 Å². The third-order valence-corrected chi connectivity index (χ3v) is 3.96. The van der Waals surface area contributed by atoms with Crippen LogP contribution in [0.15, 0.2) is 0 Å². The number of aromatic nitrogens is 2. The fraction of sp³-hybridized carbons (Fsp3) is 0.727. The third kappa shape index (κ3) is 1.20. The highest BCUT2D eigenvalue weighted by atomic mass is 35.5. The number of fused-ring (bicyclic) bond motifs is 1.